The predicted molar refractivity (Wildman–Crippen MR) is 89.5 cm³/mol. The fraction of sp³-hybridized carbons (Fsp3) is 0.389. The van der Waals surface area contributed by atoms with Crippen molar-refractivity contribution >= 4 is 5.69 Å². The van der Waals surface area contributed by atoms with E-state index in [4.69, 9.17) is 9.47 Å². The molecule has 1 N–H and O–H groups in total. The van der Waals surface area contributed by atoms with Crippen molar-refractivity contribution in [2.75, 3.05) is 25.6 Å². The Labute approximate surface area is 132 Å². The summed E-state index contributed by atoms with van der Waals surface area (Å²) in [7, 11) is 1.65. The third-order valence-electron chi connectivity index (χ3n) is 3.41. The normalized spacial score (nSPS) is 10.7. The van der Waals surface area contributed by atoms with Crippen LogP contribution in [-0.4, -0.2) is 25.3 Å². The predicted octanol–water partition coefficient (Wildman–Crippen LogP) is 3.84. The lowest BCUT2D eigenvalue weighted by Gasteiger charge is -2.10. The minimum absolute atomic E-state index is 0.517. The molecular formula is C18H24N2O2. The molecule has 2 rings (SSSR count). The average Bonchev–Trinajstić information content (AvgIpc) is 2.55. The van der Waals surface area contributed by atoms with Gasteiger partial charge in [0.05, 0.1) is 6.61 Å². The molecule has 0 aliphatic heterocycles. The SMILES string of the molecule is COCCOc1ccc(CNc2ccc(C(C)C)cc2)cn1. The number of hydrogen-bond acceptors (Lipinski definition) is 4. The lowest BCUT2D eigenvalue weighted by atomic mass is 10.0. The summed E-state index contributed by atoms with van der Waals surface area (Å²) in [6, 6.07) is 12.5. The minimum atomic E-state index is 0.517. The first-order valence-electron chi connectivity index (χ1n) is 7.59. The molecule has 0 amide bonds. The monoisotopic (exact) mass is 300 g/mol. The standard InChI is InChI=1S/C18H24N2O2/c1-14(2)16-5-7-17(8-6-16)19-12-15-4-9-18(20-13-15)22-11-10-21-3/h4-9,13-14,19H,10-12H2,1-3H3. The van der Waals surface area contributed by atoms with Crippen LogP contribution in [0.3, 0.4) is 0 Å². The van der Waals surface area contributed by atoms with Crippen LogP contribution in [0.15, 0.2) is 42.6 Å². The summed E-state index contributed by atoms with van der Waals surface area (Å²) in [6.45, 7) is 6.22. The van der Waals surface area contributed by atoms with Crippen molar-refractivity contribution in [1.29, 1.82) is 0 Å². The zero-order valence-corrected chi connectivity index (χ0v) is 13.5. The maximum Gasteiger partial charge on any atom is 0.213 e. The second-order valence-electron chi connectivity index (χ2n) is 5.48. The Morgan fingerprint density at radius 3 is 2.41 bits per heavy atom. The number of aromatic nitrogens is 1. The van der Waals surface area contributed by atoms with Crippen LogP contribution < -0.4 is 10.1 Å². The van der Waals surface area contributed by atoms with Gasteiger partial charge in [-0.15, -0.1) is 0 Å². The number of ether oxygens (including phenoxy) is 2. The van der Waals surface area contributed by atoms with Gasteiger partial charge < -0.3 is 14.8 Å². The van der Waals surface area contributed by atoms with Crippen LogP contribution in [0.1, 0.15) is 30.9 Å². The van der Waals surface area contributed by atoms with Crippen molar-refractivity contribution in [3.05, 3.63) is 53.7 Å². The topological polar surface area (TPSA) is 43.4 Å². The Balaban J connectivity index is 1.83. The van der Waals surface area contributed by atoms with E-state index in [1.165, 1.54) is 5.56 Å². The van der Waals surface area contributed by atoms with E-state index < -0.39 is 0 Å². The summed E-state index contributed by atoms with van der Waals surface area (Å²) in [4.78, 5) is 4.28. The smallest absolute Gasteiger partial charge is 0.213 e. The average molecular weight is 300 g/mol. The van der Waals surface area contributed by atoms with Crippen molar-refractivity contribution in [1.82, 2.24) is 4.98 Å². The summed E-state index contributed by atoms with van der Waals surface area (Å²) in [5.74, 6) is 1.19. The molecule has 4 heteroatoms. The molecule has 0 saturated heterocycles. The molecule has 0 spiro atoms. The van der Waals surface area contributed by atoms with E-state index in [0.717, 1.165) is 17.8 Å². The summed E-state index contributed by atoms with van der Waals surface area (Å²) in [6.07, 6.45) is 1.83. The van der Waals surface area contributed by atoms with Crippen LogP contribution >= 0.6 is 0 Å². The molecule has 2 aromatic rings. The molecule has 1 aromatic carbocycles. The first-order valence-corrected chi connectivity index (χ1v) is 7.59. The van der Waals surface area contributed by atoms with Gasteiger partial charge >= 0.3 is 0 Å². The highest BCUT2D eigenvalue weighted by molar-refractivity contribution is 5.45. The van der Waals surface area contributed by atoms with Crippen molar-refractivity contribution in [2.45, 2.75) is 26.3 Å². The van der Waals surface area contributed by atoms with Crippen LogP contribution in [0.5, 0.6) is 5.88 Å². The molecule has 0 saturated carbocycles. The van der Waals surface area contributed by atoms with E-state index >= 15 is 0 Å². The van der Waals surface area contributed by atoms with Gasteiger partial charge in [0.1, 0.15) is 6.61 Å². The number of pyridine rings is 1. The molecule has 0 radical (unpaired) electrons. The van der Waals surface area contributed by atoms with E-state index in [9.17, 15) is 0 Å². The maximum atomic E-state index is 5.44. The lowest BCUT2D eigenvalue weighted by Crippen LogP contribution is -2.06. The molecule has 0 bridgehead atoms. The number of hydrogen-bond donors (Lipinski definition) is 1. The van der Waals surface area contributed by atoms with Gasteiger partial charge in [-0.25, -0.2) is 4.98 Å². The van der Waals surface area contributed by atoms with Crippen molar-refractivity contribution < 1.29 is 9.47 Å². The van der Waals surface area contributed by atoms with Crippen LogP contribution in [0, 0.1) is 0 Å². The third-order valence-corrected chi connectivity index (χ3v) is 3.41. The van der Waals surface area contributed by atoms with Gasteiger partial charge in [0.25, 0.3) is 0 Å². The molecule has 0 unspecified atom stereocenters. The summed E-state index contributed by atoms with van der Waals surface area (Å²) in [5.41, 5.74) is 3.58. The highest BCUT2D eigenvalue weighted by atomic mass is 16.5. The number of nitrogens with zero attached hydrogens (tertiary/aromatic N) is 1. The second kappa shape index (κ2) is 8.39. The fourth-order valence-electron chi connectivity index (χ4n) is 2.02. The molecule has 118 valence electrons. The number of nitrogens with one attached hydrogen (secondary N) is 1. The molecule has 22 heavy (non-hydrogen) atoms. The maximum absolute atomic E-state index is 5.44. The zero-order chi connectivity index (χ0) is 15.8. The fourth-order valence-corrected chi connectivity index (χ4v) is 2.02. The van der Waals surface area contributed by atoms with Gasteiger partial charge in [0, 0.05) is 31.6 Å². The number of rotatable bonds is 8. The van der Waals surface area contributed by atoms with E-state index in [1.807, 2.05) is 18.3 Å². The Morgan fingerprint density at radius 1 is 1.05 bits per heavy atom. The summed E-state index contributed by atoms with van der Waals surface area (Å²) < 4.78 is 10.4. The molecule has 0 aliphatic rings. The Hall–Kier alpha value is -2.07. The molecule has 0 fully saturated rings. The minimum Gasteiger partial charge on any atom is -0.475 e. The summed E-state index contributed by atoms with van der Waals surface area (Å²) in [5, 5.41) is 3.40. The summed E-state index contributed by atoms with van der Waals surface area (Å²) >= 11 is 0. The zero-order valence-electron chi connectivity index (χ0n) is 13.5. The number of benzene rings is 1. The van der Waals surface area contributed by atoms with Crippen molar-refractivity contribution in [2.24, 2.45) is 0 Å². The Bertz CT molecular complexity index is 550. The lowest BCUT2D eigenvalue weighted by molar-refractivity contribution is 0.143. The highest BCUT2D eigenvalue weighted by Gasteiger charge is 2.00. The van der Waals surface area contributed by atoms with Crippen molar-refractivity contribution in [3.8, 4) is 5.88 Å². The van der Waals surface area contributed by atoms with E-state index in [0.29, 0.717) is 25.0 Å². The van der Waals surface area contributed by atoms with Gasteiger partial charge in [-0.3, -0.25) is 0 Å². The Morgan fingerprint density at radius 2 is 1.82 bits per heavy atom. The molecule has 1 heterocycles. The second-order valence-corrected chi connectivity index (χ2v) is 5.48. The van der Waals surface area contributed by atoms with Gasteiger partial charge in [-0.05, 0) is 29.2 Å². The van der Waals surface area contributed by atoms with Crippen molar-refractivity contribution in [3.63, 3.8) is 0 Å². The molecule has 0 atom stereocenters. The van der Waals surface area contributed by atoms with Crippen LogP contribution in [-0.2, 0) is 11.3 Å². The quantitative estimate of drug-likeness (QED) is 0.752. The van der Waals surface area contributed by atoms with Crippen LogP contribution in [0.2, 0.25) is 0 Å². The number of methoxy groups -OCH3 is 1. The third kappa shape index (κ3) is 5.04. The van der Waals surface area contributed by atoms with Crippen LogP contribution in [0.25, 0.3) is 0 Å². The largest absolute Gasteiger partial charge is 0.475 e. The van der Waals surface area contributed by atoms with Gasteiger partial charge in [0.2, 0.25) is 5.88 Å². The molecule has 1 aromatic heterocycles. The van der Waals surface area contributed by atoms with Crippen LogP contribution in [0.4, 0.5) is 5.69 Å². The first-order chi connectivity index (χ1) is 10.7. The van der Waals surface area contributed by atoms with E-state index in [-0.39, 0.29) is 0 Å². The van der Waals surface area contributed by atoms with E-state index in [1.54, 1.807) is 7.11 Å². The molecular weight excluding hydrogens is 276 g/mol. The molecule has 0 aliphatic carbocycles. The Kier molecular flexibility index (Phi) is 6.22. The highest BCUT2D eigenvalue weighted by Crippen LogP contribution is 2.17. The van der Waals surface area contributed by atoms with Gasteiger partial charge in [-0.2, -0.15) is 0 Å². The first kappa shape index (κ1) is 16.3. The molecule has 4 nitrogen and oxygen atoms in total. The van der Waals surface area contributed by atoms with Gasteiger partial charge in [-0.1, -0.05) is 32.0 Å². The number of anilines is 1. The van der Waals surface area contributed by atoms with Gasteiger partial charge in [0.15, 0.2) is 0 Å². The van der Waals surface area contributed by atoms with E-state index in [2.05, 4.69) is 48.4 Å².